The van der Waals surface area contributed by atoms with E-state index in [2.05, 4.69) is 94.6 Å². The topological polar surface area (TPSA) is 19.7 Å². The summed E-state index contributed by atoms with van der Waals surface area (Å²) < 4.78 is 2.20. The molecule has 3 aromatic carbocycles. The lowest BCUT2D eigenvalue weighted by atomic mass is 9.96. The van der Waals surface area contributed by atoms with Gasteiger partial charge in [-0.3, -0.25) is 4.98 Å². The monoisotopic (exact) mass is 311 g/mol. The Bertz CT molecular complexity index is 880. The van der Waals surface area contributed by atoms with Crippen molar-refractivity contribution in [3.63, 3.8) is 0 Å². The first-order valence-electron chi connectivity index (χ1n) is 8.16. The second-order valence-corrected chi connectivity index (χ2v) is 5.86. The van der Waals surface area contributed by atoms with Crippen LogP contribution in [0.4, 0.5) is 0 Å². The molecule has 2 heteroatoms. The van der Waals surface area contributed by atoms with Crippen molar-refractivity contribution in [2.45, 2.75) is 6.04 Å². The van der Waals surface area contributed by atoms with Crippen LogP contribution in [-0.2, 0) is 0 Å². The minimum absolute atomic E-state index is 0.169. The predicted molar refractivity (Wildman–Crippen MR) is 96.5 cm³/mol. The van der Waals surface area contributed by atoms with E-state index in [4.69, 9.17) is 0 Å². The standard InChI is InChI=1S/C22H18N2/c1-3-7-18(8-4-1)19-11-13-21(14-12-19)22(24-16-15-23-17-24)20-9-5-2-6-10-20/h1-17,22H/p+1. The van der Waals surface area contributed by atoms with Gasteiger partial charge in [0, 0.05) is 11.1 Å². The Labute approximate surface area is 142 Å². The van der Waals surface area contributed by atoms with Gasteiger partial charge in [0.2, 0.25) is 6.33 Å². The lowest BCUT2D eigenvalue weighted by molar-refractivity contribution is -0.703. The normalized spacial score (nSPS) is 12.0. The molecule has 0 bridgehead atoms. The summed E-state index contributed by atoms with van der Waals surface area (Å²) in [6, 6.07) is 30.1. The summed E-state index contributed by atoms with van der Waals surface area (Å²) in [5.74, 6) is 0. The largest absolute Gasteiger partial charge is 0.250 e. The van der Waals surface area contributed by atoms with Crippen LogP contribution in [0.2, 0.25) is 0 Å². The third-order valence-electron chi connectivity index (χ3n) is 4.31. The molecular weight excluding hydrogens is 292 g/mol. The smallest absolute Gasteiger partial charge is 0.242 e. The molecule has 0 saturated heterocycles. The molecule has 0 radical (unpaired) electrons. The van der Waals surface area contributed by atoms with Gasteiger partial charge >= 0.3 is 0 Å². The van der Waals surface area contributed by atoms with Crippen LogP contribution < -0.4 is 4.57 Å². The number of H-pyrrole nitrogens is 1. The highest BCUT2D eigenvalue weighted by molar-refractivity contribution is 5.63. The molecule has 0 aliphatic carbocycles. The summed E-state index contributed by atoms with van der Waals surface area (Å²) in [5, 5.41) is 0. The van der Waals surface area contributed by atoms with E-state index >= 15 is 0 Å². The van der Waals surface area contributed by atoms with Crippen molar-refractivity contribution < 1.29 is 4.57 Å². The van der Waals surface area contributed by atoms with E-state index in [1.807, 2.05) is 18.6 Å². The van der Waals surface area contributed by atoms with Gasteiger partial charge in [-0.15, -0.1) is 0 Å². The van der Waals surface area contributed by atoms with Crippen LogP contribution in [-0.4, -0.2) is 4.98 Å². The van der Waals surface area contributed by atoms with Gasteiger partial charge in [-0.2, -0.15) is 0 Å². The minimum atomic E-state index is 0.169. The molecule has 1 heterocycles. The molecule has 1 atom stereocenters. The zero-order valence-electron chi connectivity index (χ0n) is 13.3. The molecule has 0 aliphatic rings. The number of rotatable bonds is 4. The van der Waals surface area contributed by atoms with Crippen LogP contribution in [0.1, 0.15) is 17.2 Å². The molecular formula is C22H19N2+. The minimum Gasteiger partial charge on any atom is -0.250 e. The van der Waals surface area contributed by atoms with Gasteiger partial charge in [0.1, 0.15) is 12.4 Å². The van der Waals surface area contributed by atoms with Crippen LogP contribution in [0, 0.1) is 0 Å². The molecule has 2 nitrogen and oxygen atoms in total. The van der Waals surface area contributed by atoms with Crippen LogP contribution in [0.25, 0.3) is 11.1 Å². The molecule has 1 aromatic heterocycles. The zero-order chi connectivity index (χ0) is 16.2. The van der Waals surface area contributed by atoms with E-state index in [9.17, 15) is 0 Å². The van der Waals surface area contributed by atoms with E-state index in [0.29, 0.717) is 0 Å². The molecule has 24 heavy (non-hydrogen) atoms. The zero-order valence-corrected chi connectivity index (χ0v) is 13.3. The Kier molecular flexibility index (Phi) is 3.95. The summed E-state index contributed by atoms with van der Waals surface area (Å²) in [6.45, 7) is 0. The van der Waals surface area contributed by atoms with Gasteiger partial charge in [-0.1, -0.05) is 84.9 Å². The summed E-state index contributed by atoms with van der Waals surface area (Å²) >= 11 is 0. The van der Waals surface area contributed by atoms with Crippen molar-refractivity contribution in [1.82, 2.24) is 4.98 Å². The Morgan fingerprint density at radius 3 is 1.83 bits per heavy atom. The Morgan fingerprint density at radius 1 is 0.625 bits per heavy atom. The number of aromatic amines is 1. The number of aromatic nitrogens is 2. The second kappa shape index (κ2) is 6.55. The highest BCUT2D eigenvalue weighted by Crippen LogP contribution is 2.25. The number of imidazole rings is 1. The molecule has 4 aromatic rings. The summed E-state index contributed by atoms with van der Waals surface area (Å²) in [7, 11) is 0. The maximum absolute atomic E-state index is 3.15. The van der Waals surface area contributed by atoms with Crippen LogP contribution in [0.5, 0.6) is 0 Å². The van der Waals surface area contributed by atoms with Gasteiger partial charge in [0.05, 0.1) is 0 Å². The number of nitrogens with one attached hydrogen (secondary N) is 1. The molecule has 0 saturated carbocycles. The van der Waals surface area contributed by atoms with E-state index in [1.54, 1.807) is 0 Å². The van der Waals surface area contributed by atoms with E-state index < -0.39 is 0 Å². The van der Waals surface area contributed by atoms with Gasteiger partial charge in [-0.05, 0) is 11.1 Å². The number of benzene rings is 3. The average Bonchev–Trinajstić information content (AvgIpc) is 3.18. The highest BCUT2D eigenvalue weighted by atomic mass is 15.0. The summed E-state index contributed by atoms with van der Waals surface area (Å²) in [5.41, 5.74) is 5.03. The number of hydrogen-bond donors (Lipinski definition) is 1. The third-order valence-corrected chi connectivity index (χ3v) is 4.31. The number of nitrogens with zero attached hydrogens (tertiary/aromatic N) is 1. The fourth-order valence-corrected chi connectivity index (χ4v) is 3.12. The first-order valence-corrected chi connectivity index (χ1v) is 8.16. The fraction of sp³-hybridized carbons (Fsp3) is 0.0455. The van der Waals surface area contributed by atoms with Crippen molar-refractivity contribution >= 4 is 0 Å². The lowest BCUT2D eigenvalue weighted by Crippen LogP contribution is -2.38. The Hall–Kier alpha value is -3.13. The molecule has 116 valence electrons. The molecule has 1 N–H and O–H groups in total. The summed E-state index contributed by atoms with van der Waals surface area (Å²) in [4.78, 5) is 3.15. The molecule has 0 spiro atoms. The summed E-state index contributed by atoms with van der Waals surface area (Å²) in [6.07, 6.45) is 6.03. The van der Waals surface area contributed by atoms with Gasteiger partial charge in [-0.25, -0.2) is 4.57 Å². The van der Waals surface area contributed by atoms with Crippen LogP contribution in [0.3, 0.4) is 0 Å². The first-order chi connectivity index (χ1) is 11.9. The van der Waals surface area contributed by atoms with Crippen molar-refractivity contribution in [2.75, 3.05) is 0 Å². The third kappa shape index (κ3) is 2.86. The van der Waals surface area contributed by atoms with Crippen LogP contribution in [0.15, 0.2) is 104 Å². The van der Waals surface area contributed by atoms with Gasteiger partial charge in [0.25, 0.3) is 0 Å². The van der Waals surface area contributed by atoms with Crippen molar-refractivity contribution in [2.24, 2.45) is 0 Å². The SMILES string of the molecule is c1ccc(-c2ccc(C(c3ccccc3)[n+]3cc[nH]c3)cc2)cc1. The maximum Gasteiger partial charge on any atom is 0.242 e. The van der Waals surface area contributed by atoms with Crippen molar-refractivity contribution in [3.05, 3.63) is 115 Å². The van der Waals surface area contributed by atoms with Gasteiger partial charge in [0.15, 0.2) is 6.04 Å². The van der Waals surface area contributed by atoms with Gasteiger partial charge < -0.3 is 0 Å². The van der Waals surface area contributed by atoms with E-state index in [0.717, 1.165) is 0 Å². The van der Waals surface area contributed by atoms with Crippen molar-refractivity contribution in [1.29, 1.82) is 0 Å². The van der Waals surface area contributed by atoms with E-state index in [-0.39, 0.29) is 6.04 Å². The highest BCUT2D eigenvalue weighted by Gasteiger charge is 2.20. The maximum atomic E-state index is 3.15. The molecule has 1 unspecified atom stereocenters. The Balaban J connectivity index is 1.74. The molecule has 4 rings (SSSR count). The Morgan fingerprint density at radius 2 is 1.21 bits per heavy atom. The second-order valence-electron chi connectivity index (χ2n) is 5.86. The molecule has 0 amide bonds. The van der Waals surface area contributed by atoms with Crippen molar-refractivity contribution in [3.8, 4) is 11.1 Å². The van der Waals surface area contributed by atoms with E-state index in [1.165, 1.54) is 22.3 Å². The first kappa shape index (κ1) is 14.5. The fourth-order valence-electron chi connectivity index (χ4n) is 3.12. The number of hydrogen-bond acceptors (Lipinski definition) is 0. The van der Waals surface area contributed by atoms with Crippen LogP contribution >= 0.6 is 0 Å². The molecule has 0 fully saturated rings. The quantitative estimate of drug-likeness (QED) is 0.531. The molecule has 0 aliphatic heterocycles. The average molecular weight is 311 g/mol. The lowest BCUT2D eigenvalue weighted by Gasteiger charge is -2.15. The predicted octanol–water partition coefficient (Wildman–Crippen LogP) is 4.61.